The molecule has 0 aromatic carbocycles. The van der Waals surface area contributed by atoms with Crippen LogP contribution in [0.15, 0.2) is 0 Å². The van der Waals surface area contributed by atoms with Crippen molar-refractivity contribution in [2.24, 2.45) is 5.92 Å². The molecule has 6 heteroatoms. The first-order valence-electron chi connectivity index (χ1n) is 6.30. The second-order valence-corrected chi connectivity index (χ2v) is 4.85. The van der Waals surface area contributed by atoms with Gasteiger partial charge in [0.05, 0.1) is 19.3 Å². The van der Waals surface area contributed by atoms with Gasteiger partial charge in [-0.05, 0) is 19.3 Å². The minimum atomic E-state index is -0.915. The fraction of sp³-hybridized carbons (Fsp3) is 0.833. The van der Waals surface area contributed by atoms with Gasteiger partial charge in [0, 0.05) is 13.7 Å². The van der Waals surface area contributed by atoms with E-state index in [1.807, 2.05) is 0 Å². The van der Waals surface area contributed by atoms with Gasteiger partial charge in [0.2, 0.25) is 0 Å². The molecular weight excluding hydrogens is 238 g/mol. The molecule has 0 aliphatic carbocycles. The molecule has 1 amide bonds. The van der Waals surface area contributed by atoms with Crippen molar-refractivity contribution in [1.29, 1.82) is 0 Å². The van der Waals surface area contributed by atoms with E-state index in [0.717, 1.165) is 12.8 Å². The van der Waals surface area contributed by atoms with E-state index >= 15 is 0 Å². The first kappa shape index (κ1) is 13.3. The normalized spacial score (nSPS) is 32.2. The number of likely N-dealkylation sites (N-methyl/N-ethyl adjacent to an activating group) is 1. The van der Waals surface area contributed by atoms with Gasteiger partial charge in [-0.15, -0.1) is 0 Å². The van der Waals surface area contributed by atoms with Crippen LogP contribution in [0.3, 0.4) is 0 Å². The molecule has 0 aromatic rings. The Balaban J connectivity index is 1.98. The van der Waals surface area contributed by atoms with Crippen molar-refractivity contribution in [2.45, 2.75) is 31.4 Å². The number of amides is 1. The van der Waals surface area contributed by atoms with Crippen molar-refractivity contribution < 1.29 is 24.2 Å². The molecule has 0 saturated carbocycles. The highest BCUT2D eigenvalue weighted by Gasteiger charge is 2.40. The summed E-state index contributed by atoms with van der Waals surface area (Å²) in [6.45, 7) is 1.06. The summed E-state index contributed by atoms with van der Waals surface area (Å²) in [5.41, 5.74) is 0. The van der Waals surface area contributed by atoms with Gasteiger partial charge < -0.3 is 19.5 Å². The molecule has 6 nitrogen and oxygen atoms in total. The molecule has 2 fully saturated rings. The first-order chi connectivity index (χ1) is 8.61. The van der Waals surface area contributed by atoms with Gasteiger partial charge >= 0.3 is 5.97 Å². The smallest absolute Gasteiger partial charge is 0.311 e. The molecular formula is C12H19NO5. The van der Waals surface area contributed by atoms with E-state index in [1.165, 1.54) is 4.90 Å². The number of hydrogen-bond acceptors (Lipinski definition) is 4. The van der Waals surface area contributed by atoms with Crippen molar-refractivity contribution in [3.05, 3.63) is 0 Å². The lowest BCUT2D eigenvalue weighted by Crippen LogP contribution is -2.49. The molecule has 0 spiro atoms. The lowest BCUT2D eigenvalue weighted by molar-refractivity contribution is -0.150. The maximum atomic E-state index is 12.2. The third kappa shape index (κ3) is 2.64. The first-order valence-corrected chi connectivity index (χ1v) is 6.30. The number of carbonyl (C=O) groups excluding carboxylic acids is 1. The van der Waals surface area contributed by atoms with E-state index < -0.39 is 18.0 Å². The van der Waals surface area contributed by atoms with Crippen molar-refractivity contribution >= 4 is 11.9 Å². The molecule has 2 aliphatic heterocycles. The Morgan fingerprint density at radius 2 is 2.06 bits per heavy atom. The van der Waals surface area contributed by atoms with Gasteiger partial charge in [-0.1, -0.05) is 0 Å². The van der Waals surface area contributed by atoms with Crippen LogP contribution in [0.2, 0.25) is 0 Å². The fourth-order valence-electron chi connectivity index (χ4n) is 2.49. The molecule has 1 N–H and O–H groups in total. The van der Waals surface area contributed by atoms with Gasteiger partial charge in [0.15, 0.2) is 0 Å². The lowest BCUT2D eigenvalue weighted by Gasteiger charge is -2.31. The zero-order valence-corrected chi connectivity index (χ0v) is 10.5. The highest BCUT2D eigenvalue weighted by molar-refractivity contribution is 5.82. The summed E-state index contributed by atoms with van der Waals surface area (Å²) in [6, 6.07) is -0.388. The molecule has 3 atom stereocenters. The van der Waals surface area contributed by atoms with Crippen LogP contribution < -0.4 is 0 Å². The largest absolute Gasteiger partial charge is 0.481 e. The predicted octanol–water partition coefficient (Wildman–Crippen LogP) is 0.114. The molecule has 0 radical (unpaired) electrons. The Hall–Kier alpha value is -1.14. The number of carboxylic acid groups (broad SMARTS) is 1. The van der Waals surface area contributed by atoms with Crippen molar-refractivity contribution in [3.8, 4) is 0 Å². The molecule has 2 saturated heterocycles. The number of hydrogen-bond donors (Lipinski definition) is 1. The average molecular weight is 257 g/mol. The van der Waals surface area contributed by atoms with E-state index in [9.17, 15) is 9.59 Å². The summed E-state index contributed by atoms with van der Waals surface area (Å²) in [5, 5.41) is 9.08. The second kappa shape index (κ2) is 5.67. The van der Waals surface area contributed by atoms with E-state index in [1.54, 1.807) is 7.05 Å². The van der Waals surface area contributed by atoms with Crippen LogP contribution in [-0.4, -0.2) is 60.9 Å². The van der Waals surface area contributed by atoms with Gasteiger partial charge in [0.25, 0.3) is 5.91 Å². The SMILES string of the molecule is CN(C(=O)C1CCCCO1)C1COCC1C(=O)O. The minimum Gasteiger partial charge on any atom is -0.481 e. The summed E-state index contributed by atoms with van der Waals surface area (Å²) < 4.78 is 10.6. The Kier molecular flexibility index (Phi) is 4.19. The number of rotatable bonds is 3. The van der Waals surface area contributed by atoms with Crippen molar-refractivity contribution in [3.63, 3.8) is 0 Å². The third-order valence-electron chi connectivity index (χ3n) is 3.67. The monoisotopic (exact) mass is 257 g/mol. The Morgan fingerprint density at radius 1 is 1.28 bits per heavy atom. The van der Waals surface area contributed by atoms with E-state index in [0.29, 0.717) is 13.0 Å². The van der Waals surface area contributed by atoms with E-state index in [2.05, 4.69) is 0 Å². The zero-order chi connectivity index (χ0) is 13.1. The summed E-state index contributed by atoms with van der Waals surface area (Å²) in [5.74, 6) is -1.68. The van der Waals surface area contributed by atoms with E-state index in [-0.39, 0.29) is 25.2 Å². The Bertz CT molecular complexity index is 326. The summed E-state index contributed by atoms with van der Waals surface area (Å²) in [4.78, 5) is 24.8. The summed E-state index contributed by atoms with van der Waals surface area (Å²) >= 11 is 0. The molecule has 3 unspecified atom stereocenters. The number of aliphatic carboxylic acids is 1. The van der Waals surface area contributed by atoms with Gasteiger partial charge in [-0.25, -0.2) is 0 Å². The number of ether oxygens (including phenoxy) is 2. The van der Waals surface area contributed by atoms with Crippen LogP contribution >= 0.6 is 0 Å². The maximum absolute atomic E-state index is 12.2. The van der Waals surface area contributed by atoms with Crippen LogP contribution in [-0.2, 0) is 19.1 Å². The third-order valence-corrected chi connectivity index (χ3v) is 3.67. The van der Waals surface area contributed by atoms with Gasteiger partial charge in [-0.2, -0.15) is 0 Å². The van der Waals surface area contributed by atoms with Crippen LogP contribution in [0.1, 0.15) is 19.3 Å². The second-order valence-electron chi connectivity index (χ2n) is 4.85. The minimum absolute atomic E-state index is 0.128. The van der Waals surface area contributed by atoms with E-state index in [4.69, 9.17) is 14.6 Å². The molecule has 2 heterocycles. The molecule has 102 valence electrons. The van der Waals surface area contributed by atoms with Crippen molar-refractivity contribution in [1.82, 2.24) is 4.90 Å². The molecule has 0 aromatic heterocycles. The summed E-state index contributed by atoms with van der Waals surface area (Å²) in [7, 11) is 1.63. The highest BCUT2D eigenvalue weighted by Crippen LogP contribution is 2.22. The molecule has 0 bridgehead atoms. The quantitative estimate of drug-likeness (QED) is 0.776. The fourth-order valence-corrected chi connectivity index (χ4v) is 2.49. The van der Waals surface area contributed by atoms with Crippen LogP contribution in [0.5, 0.6) is 0 Å². The zero-order valence-electron chi connectivity index (χ0n) is 10.5. The predicted molar refractivity (Wildman–Crippen MR) is 62.1 cm³/mol. The number of carboxylic acids is 1. The number of nitrogens with zero attached hydrogens (tertiary/aromatic N) is 1. The standard InChI is InChI=1S/C12H19NO5/c1-13(9-7-17-6-8(9)12(15)16)11(14)10-4-2-3-5-18-10/h8-10H,2-7H2,1H3,(H,15,16). The highest BCUT2D eigenvalue weighted by atomic mass is 16.5. The van der Waals surface area contributed by atoms with Gasteiger partial charge in [-0.3, -0.25) is 9.59 Å². The average Bonchev–Trinajstić information content (AvgIpc) is 2.87. The molecule has 18 heavy (non-hydrogen) atoms. The Morgan fingerprint density at radius 3 is 2.67 bits per heavy atom. The molecule has 2 aliphatic rings. The lowest BCUT2D eigenvalue weighted by atomic mass is 10.0. The maximum Gasteiger partial charge on any atom is 0.311 e. The molecule has 2 rings (SSSR count). The topological polar surface area (TPSA) is 76.1 Å². The van der Waals surface area contributed by atoms with Gasteiger partial charge in [0.1, 0.15) is 12.0 Å². The van der Waals surface area contributed by atoms with Crippen LogP contribution in [0, 0.1) is 5.92 Å². The van der Waals surface area contributed by atoms with Crippen LogP contribution in [0.4, 0.5) is 0 Å². The van der Waals surface area contributed by atoms with Crippen LogP contribution in [0.25, 0.3) is 0 Å². The summed E-state index contributed by atoms with van der Waals surface area (Å²) in [6.07, 6.45) is 2.26. The van der Waals surface area contributed by atoms with Crippen molar-refractivity contribution in [2.75, 3.05) is 26.9 Å². The Labute approximate surface area is 106 Å². The number of carbonyl (C=O) groups is 2.